The minimum absolute atomic E-state index is 1.02. The average Bonchev–Trinajstić information content (AvgIpc) is 3.84. The van der Waals surface area contributed by atoms with E-state index in [4.69, 9.17) is 4.98 Å². The first kappa shape index (κ1) is 31.8. The Bertz CT molecular complexity index is 3980. The molecule has 0 saturated carbocycles. The summed E-state index contributed by atoms with van der Waals surface area (Å²) in [4.78, 5) is 6.29. The Hall–Kier alpha value is -7.33. The summed E-state index contributed by atoms with van der Waals surface area (Å²) in [6.07, 6.45) is 0. The first-order valence-corrected chi connectivity index (χ1v) is 20.7. The number of thiazole rings is 1. The van der Waals surface area contributed by atoms with Gasteiger partial charge in [-0.05, 0) is 128 Å². The predicted molar refractivity (Wildman–Crippen MR) is 251 cm³/mol. The van der Waals surface area contributed by atoms with Gasteiger partial charge in [0.2, 0.25) is 0 Å². The Morgan fingerprint density at radius 1 is 0.310 bits per heavy atom. The largest absolute Gasteiger partial charge is 0.283 e. The molecule has 0 aliphatic carbocycles. The van der Waals surface area contributed by atoms with E-state index in [1.54, 1.807) is 11.3 Å². The first-order valence-electron chi connectivity index (χ1n) is 19.9. The number of nitrogens with zero attached hydrogens (tertiary/aromatic N) is 2. The van der Waals surface area contributed by atoms with Gasteiger partial charge < -0.3 is 0 Å². The zero-order valence-corrected chi connectivity index (χ0v) is 32.1. The molecule has 2 nitrogen and oxygen atoms in total. The molecule has 2 heterocycles. The molecule has 0 unspecified atom stereocenters. The van der Waals surface area contributed by atoms with Crippen molar-refractivity contribution in [2.45, 2.75) is 0 Å². The van der Waals surface area contributed by atoms with Crippen molar-refractivity contribution in [1.29, 1.82) is 0 Å². The molecule has 0 bridgehead atoms. The van der Waals surface area contributed by atoms with Crippen molar-refractivity contribution in [2.24, 2.45) is 0 Å². The maximum atomic E-state index is 5.27. The van der Waals surface area contributed by atoms with Gasteiger partial charge in [-0.3, -0.25) is 4.40 Å². The molecule has 0 aliphatic heterocycles. The van der Waals surface area contributed by atoms with E-state index in [0.717, 1.165) is 27.1 Å². The lowest BCUT2D eigenvalue weighted by Crippen LogP contribution is -1.87. The SMILES string of the molecule is c1ccc2c(c1)sc1nc3c(-c4ccc5c6ccccc6c6cc7c8ccccc8c8ccccc8c8ccccc8c7cc6c6ccccc6c5c4)cccc3n12. The van der Waals surface area contributed by atoms with Crippen molar-refractivity contribution in [1.82, 2.24) is 9.38 Å². The molecular formula is C55H32N2S. The molecule has 268 valence electrons. The summed E-state index contributed by atoms with van der Waals surface area (Å²) in [6.45, 7) is 0. The smallest absolute Gasteiger partial charge is 0.195 e. The second-order valence-electron chi connectivity index (χ2n) is 15.4. The second-order valence-corrected chi connectivity index (χ2v) is 16.4. The van der Waals surface area contributed by atoms with Crippen molar-refractivity contribution < 1.29 is 0 Å². The Kier molecular flexibility index (Phi) is 6.63. The highest BCUT2D eigenvalue weighted by atomic mass is 32.1. The van der Waals surface area contributed by atoms with Crippen LogP contribution in [0.4, 0.5) is 0 Å². The Morgan fingerprint density at radius 2 is 0.690 bits per heavy atom. The van der Waals surface area contributed by atoms with Crippen LogP contribution >= 0.6 is 11.3 Å². The van der Waals surface area contributed by atoms with Gasteiger partial charge in [-0.2, -0.15) is 0 Å². The number of hydrogen-bond donors (Lipinski definition) is 0. The Labute approximate surface area is 336 Å². The van der Waals surface area contributed by atoms with Crippen LogP contribution < -0.4 is 0 Å². The normalized spacial score (nSPS) is 12.1. The fourth-order valence-electron chi connectivity index (χ4n) is 9.86. The maximum absolute atomic E-state index is 5.27. The molecule has 0 amide bonds. The van der Waals surface area contributed by atoms with E-state index in [2.05, 4.69) is 199 Å². The maximum Gasteiger partial charge on any atom is 0.195 e. The zero-order valence-electron chi connectivity index (χ0n) is 31.3. The van der Waals surface area contributed by atoms with Crippen molar-refractivity contribution >= 4 is 124 Å². The fourth-order valence-corrected chi connectivity index (χ4v) is 10.9. The fraction of sp³-hybridized carbons (Fsp3) is 0. The molecule has 0 saturated heterocycles. The molecule has 0 aliphatic rings. The predicted octanol–water partition coefficient (Wildman–Crippen LogP) is 15.7. The number of fused-ring (bicyclic) bond motifs is 21. The molecule has 11 aromatic carbocycles. The van der Waals surface area contributed by atoms with Gasteiger partial charge in [0.15, 0.2) is 4.96 Å². The van der Waals surface area contributed by atoms with Crippen LogP contribution in [0.3, 0.4) is 0 Å². The van der Waals surface area contributed by atoms with Crippen LogP contribution in [0, 0.1) is 0 Å². The van der Waals surface area contributed by atoms with Crippen molar-refractivity contribution in [3.8, 4) is 11.1 Å². The molecule has 0 fully saturated rings. The number of aromatic nitrogens is 2. The van der Waals surface area contributed by atoms with Crippen LogP contribution in [0.5, 0.6) is 0 Å². The van der Waals surface area contributed by atoms with Gasteiger partial charge >= 0.3 is 0 Å². The summed E-state index contributed by atoms with van der Waals surface area (Å²) in [5.41, 5.74) is 5.68. The highest BCUT2D eigenvalue weighted by Crippen LogP contribution is 2.43. The number of rotatable bonds is 1. The van der Waals surface area contributed by atoms with Crippen LogP contribution in [0.1, 0.15) is 0 Å². The third-order valence-electron chi connectivity index (χ3n) is 12.4. The summed E-state index contributed by atoms with van der Waals surface area (Å²) < 4.78 is 3.56. The van der Waals surface area contributed by atoms with E-state index >= 15 is 0 Å². The van der Waals surface area contributed by atoms with E-state index < -0.39 is 0 Å². The van der Waals surface area contributed by atoms with Gasteiger partial charge in [0.05, 0.1) is 21.3 Å². The lowest BCUT2D eigenvalue weighted by Gasteiger charge is -2.14. The van der Waals surface area contributed by atoms with Crippen LogP contribution in [-0.4, -0.2) is 9.38 Å². The molecule has 3 heteroatoms. The third kappa shape index (κ3) is 4.45. The standard InChI is InChI=1S/C55H32N2S/c1-2-15-36-35(14-1)37-16-3-6-19-40(37)47-31-49-42-21-8-5-18-39(42)45-29-28-33(34-24-13-26-52-54(34)56-55-57(52)51-25-11-12-27-53(51)58-55)30-46(45)43-22-9-10-23-44(43)50(49)32-48(47)41-20-7-4-17-38(36)41/h1-32H. The number of hydrogen-bond acceptors (Lipinski definition) is 2. The second kappa shape index (κ2) is 12.1. The van der Waals surface area contributed by atoms with Crippen molar-refractivity contribution in [3.63, 3.8) is 0 Å². The molecular weight excluding hydrogens is 721 g/mol. The number of benzene rings is 9. The molecule has 13 aromatic rings. The Morgan fingerprint density at radius 3 is 1.17 bits per heavy atom. The molecule has 2 aromatic heterocycles. The zero-order chi connectivity index (χ0) is 37.9. The Balaban J connectivity index is 1.21. The summed E-state index contributed by atoms with van der Waals surface area (Å²) in [6, 6.07) is 72.0. The molecule has 13 rings (SSSR count). The molecule has 0 spiro atoms. The molecule has 0 radical (unpaired) electrons. The highest BCUT2D eigenvalue weighted by Gasteiger charge is 2.17. The summed E-state index contributed by atoms with van der Waals surface area (Å²) in [5.74, 6) is 0. The lowest BCUT2D eigenvalue weighted by molar-refractivity contribution is 1.35. The average molecular weight is 753 g/mol. The quantitative estimate of drug-likeness (QED) is 0.163. The van der Waals surface area contributed by atoms with E-state index in [0.29, 0.717) is 0 Å². The monoisotopic (exact) mass is 752 g/mol. The molecule has 0 atom stereocenters. The van der Waals surface area contributed by atoms with E-state index in [1.807, 2.05) is 0 Å². The number of para-hydroxylation sites is 2. The van der Waals surface area contributed by atoms with Crippen LogP contribution in [0.15, 0.2) is 194 Å². The minimum atomic E-state index is 1.02. The molecule has 58 heavy (non-hydrogen) atoms. The van der Waals surface area contributed by atoms with Gasteiger partial charge in [-0.15, -0.1) is 0 Å². The summed E-state index contributed by atoms with van der Waals surface area (Å²) >= 11 is 1.75. The minimum Gasteiger partial charge on any atom is -0.283 e. The lowest BCUT2D eigenvalue weighted by atomic mass is 9.89. The van der Waals surface area contributed by atoms with Gasteiger partial charge in [-0.25, -0.2) is 4.98 Å². The van der Waals surface area contributed by atoms with Gasteiger partial charge in [-0.1, -0.05) is 169 Å². The topological polar surface area (TPSA) is 17.3 Å². The van der Waals surface area contributed by atoms with Crippen molar-refractivity contribution in [2.75, 3.05) is 0 Å². The van der Waals surface area contributed by atoms with E-state index in [-0.39, 0.29) is 0 Å². The van der Waals surface area contributed by atoms with Gasteiger partial charge in [0.1, 0.15) is 0 Å². The van der Waals surface area contributed by atoms with Crippen LogP contribution in [0.25, 0.3) is 124 Å². The summed E-state index contributed by atoms with van der Waals surface area (Å²) in [5, 5.41) is 19.9. The number of imidazole rings is 1. The third-order valence-corrected chi connectivity index (χ3v) is 13.4. The molecule has 0 N–H and O–H groups in total. The highest BCUT2D eigenvalue weighted by molar-refractivity contribution is 7.23. The van der Waals surface area contributed by atoms with Crippen LogP contribution in [-0.2, 0) is 0 Å². The first-order chi connectivity index (χ1) is 28.8. The van der Waals surface area contributed by atoms with Gasteiger partial charge in [0, 0.05) is 5.56 Å². The van der Waals surface area contributed by atoms with Crippen molar-refractivity contribution in [3.05, 3.63) is 194 Å². The van der Waals surface area contributed by atoms with Gasteiger partial charge in [0.25, 0.3) is 0 Å². The summed E-state index contributed by atoms with van der Waals surface area (Å²) in [7, 11) is 0. The van der Waals surface area contributed by atoms with E-state index in [1.165, 1.54) is 96.4 Å². The van der Waals surface area contributed by atoms with Crippen LogP contribution in [0.2, 0.25) is 0 Å². The van der Waals surface area contributed by atoms with E-state index in [9.17, 15) is 0 Å².